The molecule has 0 N–H and O–H groups in total. The van der Waals surface area contributed by atoms with Crippen LogP contribution in [0.3, 0.4) is 0 Å². The molecular weight excluding hydrogens is 164 g/mol. The largest absolute Gasteiger partial charge is 0.331 e. The normalized spacial score (nSPS) is 27.8. The highest BCUT2D eigenvalue weighted by molar-refractivity contribution is 5.74. The predicted octanol–water partition coefficient (Wildman–Crippen LogP) is 1.79. The summed E-state index contributed by atoms with van der Waals surface area (Å²) < 4.78 is 0. The van der Waals surface area contributed by atoms with Crippen molar-refractivity contribution in [2.24, 2.45) is 5.92 Å². The topological polar surface area (TPSA) is 23.6 Å². The molecule has 0 saturated carbocycles. The standard InChI is InChI=1S/C10H20N2O/c1-5-9-6-7-12(8(9)2)10(13)11(3)4/h8-9H,5-7H2,1-4H3. The first-order valence-electron chi connectivity index (χ1n) is 5.05. The maximum Gasteiger partial charge on any atom is 0.319 e. The van der Waals surface area contributed by atoms with Gasteiger partial charge in [-0.05, 0) is 19.3 Å². The molecule has 2 amide bonds. The zero-order chi connectivity index (χ0) is 10.0. The molecule has 0 aromatic rings. The van der Waals surface area contributed by atoms with Crippen LogP contribution in [0.4, 0.5) is 4.79 Å². The monoisotopic (exact) mass is 184 g/mol. The van der Waals surface area contributed by atoms with Gasteiger partial charge >= 0.3 is 6.03 Å². The van der Waals surface area contributed by atoms with Crippen molar-refractivity contribution in [1.29, 1.82) is 0 Å². The highest BCUT2D eigenvalue weighted by Crippen LogP contribution is 2.26. The summed E-state index contributed by atoms with van der Waals surface area (Å²) in [4.78, 5) is 15.3. The van der Waals surface area contributed by atoms with Gasteiger partial charge in [-0.15, -0.1) is 0 Å². The number of carbonyl (C=O) groups is 1. The Morgan fingerprint density at radius 1 is 1.54 bits per heavy atom. The molecule has 3 nitrogen and oxygen atoms in total. The van der Waals surface area contributed by atoms with Gasteiger partial charge in [0.15, 0.2) is 0 Å². The van der Waals surface area contributed by atoms with Crippen LogP contribution in [0.25, 0.3) is 0 Å². The van der Waals surface area contributed by atoms with E-state index in [0.29, 0.717) is 12.0 Å². The molecule has 3 heteroatoms. The SMILES string of the molecule is CCC1CCN(C(=O)N(C)C)C1C. The third kappa shape index (κ3) is 1.95. The van der Waals surface area contributed by atoms with E-state index in [2.05, 4.69) is 13.8 Å². The first-order valence-corrected chi connectivity index (χ1v) is 5.05. The van der Waals surface area contributed by atoms with Crippen molar-refractivity contribution in [3.05, 3.63) is 0 Å². The van der Waals surface area contributed by atoms with Gasteiger partial charge in [-0.2, -0.15) is 0 Å². The lowest BCUT2D eigenvalue weighted by atomic mass is 9.99. The van der Waals surface area contributed by atoms with Gasteiger partial charge in [0.25, 0.3) is 0 Å². The average Bonchev–Trinajstić information content (AvgIpc) is 2.45. The number of urea groups is 1. The molecule has 2 unspecified atom stereocenters. The van der Waals surface area contributed by atoms with E-state index < -0.39 is 0 Å². The van der Waals surface area contributed by atoms with E-state index in [1.165, 1.54) is 6.42 Å². The fourth-order valence-corrected chi connectivity index (χ4v) is 2.08. The van der Waals surface area contributed by atoms with Gasteiger partial charge in [-0.3, -0.25) is 0 Å². The van der Waals surface area contributed by atoms with Crippen LogP contribution in [-0.2, 0) is 0 Å². The van der Waals surface area contributed by atoms with Crippen LogP contribution in [0.15, 0.2) is 0 Å². The van der Waals surface area contributed by atoms with Crippen LogP contribution in [-0.4, -0.2) is 42.5 Å². The smallest absolute Gasteiger partial charge is 0.319 e. The number of amides is 2. The van der Waals surface area contributed by atoms with Gasteiger partial charge in [0, 0.05) is 26.7 Å². The Morgan fingerprint density at radius 3 is 2.54 bits per heavy atom. The third-order valence-electron chi connectivity index (χ3n) is 3.07. The van der Waals surface area contributed by atoms with Crippen molar-refractivity contribution in [2.45, 2.75) is 32.7 Å². The predicted molar refractivity (Wildman–Crippen MR) is 53.6 cm³/mol. The second kappa shape index (κ2) is 3.99. The second-order valence-electron chi connectivity index (χ2n) is 4.07. The molecule has 76 valence electrons. The average molecular weight is 184 g/mol. The molecule has 1 fully saturated rings. The Labute approximate surface area is 80.7 Å². The molecular formula is C10H20N2O. The fourth-order valence-electron chi connectivity index (χ4n) is 2.08. The Hall–Kier alpha value is -0.730. The van der Waals surface area contributed by atoms with E-state index in [1.807, 2.05) is 19.0 Å². The number of hydrogen-bond acceptors (Lipinski definition) is 1. The Kier molecular flexibility index (Phi) is 3.17. The lowest BCUT2D eigenvalue weighted by molar-refractivity contribution is 0.163. The van der Waals surface area contributed by atoms with E-state index in [0.717, 1.165) is 13.0 Å². The summed E-state index contributed by atoms with van der Waals surface area (Å²) >= 11 is 0. The summed E-state index contributed by atoms with van der Waals surface area (Å²) in [7, 11) is 3.63. The molecule has 1 rings (SSSR count). The summed E-state index contributed by atoms with van der Waals surface area (Å²) in [6, 6.07) is 0.573. The van der Waals surface area contributed by atoms with Gasteiger partial charge in [0.1, 0.15) is 0 Å². The second-order valence-corrected chi connectivity index (χ2v) is 4.07. The van der Waals surface area contributed by atoms with E-state index in [4.69, 9.17) is 0 Å². The molecule has 2 atom stereocenters. The number of rotatable bonds is 1. The lowest BCUT2D eigenvalue weighted by Crippen LogP contribution is -2.42. The molecule has 0 aromatic heterocycles. The molecule has 1 aliphatic heterocycles. The molecule has 0 bridgehead atoms. The number of carbonyl (C=O) groups excluding carboxylic acids is 1. The zero-order valence-corrected chi connectivity index (χ0v) is 9.08. The van der Waals surface area contributed by atoms with Crippen molar-refractivity contribution in [3.63, 3.8) is 0 Å². The molecule has 1 heterocycles. The van der Waals surface area contributed by atoms with Crippen molar-refractivity contribution < 1.29 is 4.79 Å². The van der Waals surface area contributed by atoms with Gasteiger partial charge in [-0.1, -0.05) is 13.3 Å². The molecule has 0 radical (unpaired) electrons. The van der Waals surface area contributed by atoms with E-state index in [-0.39, 0.29) is 6.03 Å². The Morgan fingerprint density at radius 2 is 2.15 bits per heavy atom. The fraction of sp³-hybridized carbons (Fsp3) is 0.900. The minimum atomic E-state index is 0.156. The maximum atomic E-state index is 11.7. The van der Waals surface area contributed by atoms with Crippen LogP contribution in [0, 0.1) is 5.92 Å². The molecule has 0 aromatic carbocycles. The van der Waals surface area contributed by atoms with Crippen molar-refractivity contribution in [3.8, 4) is 0 Å². The quantitative estimate of drug-likeness (QED) is 0.609. The van der Waals surface area contributed by atoms with Crippen LogP contribution < -0.4 is 0 Å². The summed E-state index contributed by atoms with van der Waals surface area (Å²) in [6.07, 6.45) is 2.34. The summed E-state index contributed by atoms with van der Waals surface area (Å²) in [5, 5.41) is 0. The van der Waals surface area contributed by atoms with Gasteiger partial charge < -0.3 is 9.80 Å². The summed E-state index contributed by atoms with van der Waals surface area (Å²) in [5.41, 5.74) is 0. The Balaban J connectivity index is 2.59. The number of likely N-dealkylation sites (tertiary alicyclic amines) is 1. The number of hydrogen-bond donors (Lipinski definition) is 0. The zero-order valence-electron chi connectivity index (χ0n) is 9.08. The molecule has 0 aliphatic carbocycles. The Bertz CT molecular complexity index is 191. The summed E-state index contributed by atoms with van der Waals surface area (Å²) in [6.45, 7) is 5.28. The van der Waals surface area contributed by atoms with Crippen LogP contribution in [0.2, 0.25) is 0 Å². The van der Waals surface area contributed by atoms with Crippen LogP contribution >= 0.6 is 0 Å². The van der Waals surface area contributed by atoms with Gasteiger partial charge in [0.2, 0.25) is 0 Å². The summed E-state index contributed by atoms with van der Waals surface area (Å²) in [5.74, 6) is 0.698. The van der Waals surface area contributed by atoms with Crippen molar-refractivity contribution in [2.75, 3.05) is 20.6 Å². The van der Waals surface area contributed by atoms with E-state index in [1.54, 1.807) is 4.90 Å². The highest BCUT2D eigenvalue weighted by Gasteiger charge is 2.33. The van der Waals surface area contributed by atoms with Crippen molar-refractivity contribution in [1.82, 2.24) is 9.80 Å². The molecule has 1 aliphatic rings. The highest BCUT2D eigenvalue weighted by atomic mass is 16.2. The van der Waals surface area contributed by atoms with Gasteiger partial charge in [-0.25, -0.2) is 4.79 Å². The minimum Gasteiger partial charge on any atom is -0.331 e. The van der Waals surface area contributed by atoms with E-state index in [9.17, 15) is 4.79 Å². The van der Waals surface area contributed by atoms with Crippen molar-refractivity contribution >= 4 is 6.03 Å². The maximum absolute atomic E-state index is 11.7. The first kappa shape index (κ1) is 10.4. The third-order valence-corrected chi connectivity index (χ3v) is 3.07. The number of nitrogens with zero attached hydrogens (tertiary/aromatic N) is 2. The molecule has 1 saturated heterocycles. The van der Waals surface area contributed by atoms with Crippen LogP contribution in [0.5, 0.6) is 0 Å². The van der Waals surface area contributed by atoms with Gasteiger partial charge in [0.05, 0.1) is 0 Å². The molecule has 13 heavy (non-hydrogen) atoms. The lowest BCUT2D eigenvalue weighted by Gasteiger charge is -2.27. The first-order chi connectivity index (χ1) is 6.07. The van der Waals surface area contributed by atoms with Crippen LogP contribution in [0.1, 0.15) is 26.7 Å². The minimum absolute atomic E-state index is 0.156. The van der Waals surface area contributed by atoms with E-state index >= 15 is 0 Å². The molecule has 0 spiro atoms.